The van der Waals surface area contributed by atoms with Gasteiger partial charge < -0.3 is 15.0 Å². The van der Waals surface area contributed by atoms with Gasteiger partial charge in [-0.05, 0) is 31.2 Å². The molecule has 1 aromatic carbocycles. The molecule has 0 saturated heterocycles. The standard InChI is InChI=1S/C18H18ClN3O4/c1-12-3-5-14(6-4-12)21-16(23)10-22(2)17(24)11-26-18(25)15-9-13(19)7-8-20-15/h3-9H,10-11H2,1-2H3,(H,21,23). The van der Waals surface area contributed by atoms with Crippen LogP contribution in [0.15, 0.2) is 42.6 Å². The van der Waals surface area contributed by atoms with Gasteiger partial charge in [0.1, 0.15) is 5.69 Å². The number of likely N-dealkylation sites (N-methyl/N-ethyl adjacent to an activating group) is 1. The average Bonchev–Trinajstić information content (AvgIpc) is 2.61. The molecule has 1 heterocycles. The highest BCUT2D eigenvalue weighted by Gasteiger charge is 2.17. The third kappa shape index (κ3) is 5.86. The maximum absolute atomic E-state index is 12.0. The predicted molar refractivity (Wildman–Crippen MR) is 97.0 cm³/mol. The number of hydrogen-bond acceptors (Lipinski definition) is 5. The fraction of sp³-hybridized carbons (Fsp3) is 0.222. The van der Waals surface area contributed by atoms with Crippen LogP contribution < -0.4 is 5.32 Å². The van der Waals surface area contributed by atoms with Crippen LogP contribution in [0.2, 0.25) is 5.02 Å². The summed E-state index contributed by atoms with van der Waals surface area (Å²) in [5, 5.41) is 3.02. The number of esters is 1. The zero-order valence-corrected chi connectivity index (χ0v) is 15.1. The number of nitrogens with zero attached hydrogens (tertiary/aromatic N) is 2. The van der Waals surface area contributed by atoms with Crippen LogP contribution in [0, 0.1) is 6.92 Å². The summed E-state index contributed by atoms with van der Waals surface area (Å²) in [6.07, 6.45) is 1.36. The van der Waals surface area contributed by atoms with Crippen LogP contribution in [0.3, 0.4) is 0 Å². The van der Waals surface area contributed by atoms with E-state index < -0.39 is 18.5 Å². The summed E-state index contributed by atoms with van der Waals surface area (Å²) < 4.78 is 4.90. The number of amides is 2. The third-order valence-corrected chi connectivity index (χ3v) is 3.63. The number of rotatable bonds is 6. The van der Waals surface area contributed by atoms with Gasteiger partial charge in [-0.25, -0.2) is 9.78 Å². The Hall–Kier alpha value is -2.93. The molecule has 0 saturated carbocycles. The normalized spacial score (nSPS) is 10.1. The topological polar surface area (TPSA) is 88.6 Å². The third-order valence-electron chi connectivity index (χ3n) is 3.40. The summed E-state index contributed by atoms with van der Waals surface area (Å²) in [6, 6.07) is 10.1. The Kier molecular flexibility index (Phi) is 6.68. The average molecular weight is 376 g/mol. The first-order valence-corrected chi connectivity index (χ1v) is 8.12. The quantitative estimate of drug-likeness (QED) is 0.782. The molecule has 0 aliphatic rings. The number of hydrogen-bond donors (Lipinski definition) is 1. The van der Waals surface area contributed by atoms with E-state index in [1.165, 1.54) is 30.3 Å². The van der Waals surface area contributed by atoms with Crippen molar-refractivity contribution in [2.75, 3.05) is 25.5 Å². The summed E-state index contributed by atoms with van der Waals surface area (Å²) in [6.45, 7) is 1.28. The molecule has 1 aromatic heterocycles. The van der Waals surface area contributed by atoms with E-state index in [1.54, 1.807) is 12.1 Å². The van der Waals surface area contributed by atoms with Crippen LogP contribution in [-0.2, 0) is 14.3 Å². The number of aryl methyl sites for hydroxylation is 1. The summed E-state index contributed by atoms with van der Waals surface area (Å²) in [5.74, 6) is -1.63. The zero-order chi connectivity index (χ0) is 19.1. The van der Waals surface area contributed by atoms with E-state index in [4.69, 9.17) is 16.3 Å². The van der Waals surface area contributed by atoms with Crippen molar-refractivity contribution >= 4 is 35.1 Å². The number of pyridine rings is 1. The molecule has 1 N–H and O–H groups in total. The molecule has 136 valence electrons. The van der Waals surface area contributed by atoms with Gasteiger partial charge in [-0.2, -0.15) is 0 Å². The van der Waals surface area contributed by atoms with Gasteiger partial charge in [-0.1, -0.05) is 29.3 Å². The van der Waals surface area contributed by atoms with Crippen molar-refractivity contribution in [3.63, 3.8) is 0 Å². The SMILES string of the molecule is Cc1ccc(NC(=O)CN(C)C(=O)COC(=O)c2cc(Cl)ccn2)cc1. The number of nitrogens with one attached hydrogen (secondary N) is 1. The molecule has 7 nitrogen and oxygen atoms in total. The van der Waals surface area contributed by atoms with Gasteiger partial charge in [0.2, 0.25) is 5.91 Å². The minimum Gasteiger partial charge on any atom is -0.451 e. The van der Waals surface area contributed by atoms with Gasteiger partial charge >= 0.3 is 5.97 Å². The first-order chi connectivity index (χ1) is 12.3. The van der Waals surface area contributed by atoms with Crippen molar-refractivity contribution in [2.24, 2.45) is 0 Å². The number of ether oxygens (including phenoxy) is 1. The number of anilines is 1. The Morgan fingerprint density at radius 2 is 1.88 bits per heavy atom. The van der Waals surface area contributed by atoms with Gasteiger partial charge in [0, 0.05) is 24.0 Å². The molecule has 0 radical (unpaired) electrons. The largest absolute Gasteiger partial charge is 0.451 e. The molecule has 2 amide bonds. The van der Waals surface area contributed by atoms with Crippen LogP contribution >= 0.6 is 11.6 Å². The molecule has 0 aliphatic carbocycles. The summed E-state index contributed by atoms with van der Waals surface area (Å²) in [7, 11) is 1.45. The van der Waals surface area contributed by atoms with Gasteiger partial charge in [0.25, 0.3) is 5.91 Å². The van der Waals surface area contributed by atoms with E-state index in [0.29, 0.717) is 10.7 Å². The molecule has 0 bridgehead atoms. The second-order valence-corrected chi connectivity index (χ2v) is 6.04. The van der Waals surface area contributed by atoms with Crippen LogP contribution in [0.25, 0.3) is 0 Å². The molecule has 26 heavy (non-hydrogen) atoms. The van der Waals surface area contributed by atoms with Crippen molar-refractivity contribution in [1.29, 1.82) is 0 Å². The highest BCUT2D eigenvalue weighted by molar-refractivity contribution is 6.30. The molecule has 2 aromatic rings. The van der Waals surface area contributed by atoms with Crippen molar-refractivity contribution in [3.05, 3.63) is 58.9 Å². The monoisotopic (exact) mass is 375 g/mol. The second-order valence-electron chi connectivity index (χ2n) is 5.60. The Morgan fingerprint density at radius 1 is 1.19 bits per heavy atom. The molecule has 2 rings (SSSR count). The molecular weight excluding hydrogens is 358 g/mol. The lowest BCUT2D eigenvalue weighted by Crippen LogP contribution is -2.37. The molecule has 0 fully saturated rings. The zero-order valence-electron chi connectivity index (χ0n) is 14.4. The Balaban J connectivity index is 1.80. The summed E-state index contributed by atoms with van der Waals surface area (Å²) in [5.41, 5.74) is 1.72. The van der Waals surface area contributed by atoms with Gasteiger partial charge in [0.15, 0.2) is 6.61 Å². The maximum Gasteiger partial charge on any atom is 0.357 e. The van der Waals surface area contributed by atoms with Crippen LogP contribution in [0.4, 0.5) is 5.69 Å². The van der Waals surface area contributed by atoms with E-state index in [2.05, 4.69) is 10.3 Å². The predicted octanol–water partition coefficient (Wildman–Crippen LogP) is 2.30. The first-order valence-electron chi connectivity index (χ1n) is 7.74. The van der Waals surface area contributed by atoms with E-state index in [1.807, 2.05) is 19.1 Å². The van der Waals surface area contributed by atoms with E-state index >= 15 is 0 Å². The number of benzene rings is 1. The first kappa shape index (κ1) is 19.4. The molecule has 0 aliphatic heterocycles. The molecular formula is C18H18ClN3O4. The summed E-state index contributed by atoms with van der Waals surface area (Å²) in [4.78, 5) is 40.8. The van der Waals surface area contributed by atoms with Gasteiger partial charge in [-0.3, -0.25) is 9.59 Å². The lowest BCUT2D eigenvalue weighted by molar-refractivity contribution is -0.136. The molecule has 0 spiro atoms. The fourth-order valence-corrected chi connectivity index (χ4v) is 2.13. The second kappa shape index (κ2) is 8.96. The van der Waals surface area contributed by atoms with Crippen molar-refractivity contribution in [2.45, 2.75) is 6.92 Å². The molecule has 8 heteroatoms. The van der Waals surface area contributed by atoms with Gasteiger partial charge in [0.05, 0.1) is 6.54 Å². The molecule has 0 unspecified atom stereocenters. The smallest absolute Gasteiger partial charge is 0.357 e. The highest BCUT2D eigenvalue weighted by atomic mass is 35.5. The van der Waals surface area contributed by atoms with Crippen LogP contribution in [0.5, 0.6) is 0 Å². The minimum atomic E-state index is -0.765. The van der Waals surface area contributed by atoms with E-state index in [9.17, 15) is 14.4 Å². The number of carbonyl (C=O) groups excluding carboxylic acids is 3. The van der Waals surface area contributed by atoms with Crippen molar-refractivity contribution < 1.29 is 19.1 Å². The lowest BCUT2D eigenvalue weighted by Gasteiger charge is -2.16. The number of halogens is 1. The van der Waals surface area contributed by atoms with Crippen LogP contribution in [0.1, 0.15) is 16.1 Å². The Labute approximate surface area is 155 Å². The van der Waals surface area contributed by atoms with Crippen LogP contribution in [-0.4, -0.2) is 47.9 Å². The Morgan fingerprint density at radius 3 is 2.54 bits per heavy atom. The van der Waals surface area contributed by atoms with E-state index in [0.717, 1.165) is 5.56 Å². The van der Waals surface area contributed by atoms with Crippen molar-refractivity contribution in [3.8, 4) is 0 Å². The van der Waals surface area contributed by atoms with Gasteiger partial charge in [-0.15, -0.1) is 0 Å². The minimum absolute atomic E-state index is 0.00469. The fourth-order valence-electron chi connectivity index (χ4n) is 1.97. The number of carbonyl (C=O) groups is 3. The highest BCUT2D eigenvalue weighted by Crippen LogP contribution is 2.10. The maximum atomic E-state index is 12.0. The number of aromatic nitrogens is 1. The van der Waals surface area contributed by atoms with Crippen molar-refractivity contribution in [1.82, 2.24) is 9.88 Å². The summed E-state index contributed by atoms with van der Waals surface area (Å²) >= 11 is 5.77. The Bertz CT molecular complexity index is 808. The molecule has 0 atom stereocenters. The lowest BCUT2D eigenvalue weighted by atomic mass is 10.2. The van der Waals surface area contributed by atoms with E-state index in [-0.39, 0.29) is 18.1 Å².